The van der Waals surface area contributed by atoms with Crippen LogP contribution < -0.4 is 0 Å². The molecule has 0 atom stereocenters. The third-order valence-electron chi connectivity index (χ3n) is 3.55. The maximum atomic E-state index is 13.6. The molecule has 1 amide bonds. The van der Waals surface area contributed by atoms with Crippen molar-refractivity contribution in [2.45, 2.75) is 13.8 Å². The number of piperazine rings is 1. The summed E-state index contributed by atoms with van der Waals surface area (Å²) in [5.41, 5.74) is -0.411. The van der Waals surface area contributed by atoms with Gasteiger partial charge in [0.25, 0.3) is 5.91 Å². The lowest BCUT2D eigenvalue weighted by Gasteiger charge is -2.35. The molecule has 1 heterocycles. The fourth-order valence-corrected chi connectivity index (χ4v) is 2.51. The van der Waals surface area contributed by atoms with Gasteiger partial charge in [-0.15, -0.1) is 0 Å². The highest BCUT2D eigenvalue weighted by Crippen LogP contribution is 2.18. The van der Waals surface area contributed by atoms with Crippen molar-refractivity contribution < 1.29 is 18.0 Å². The summed E-state index contributed by atoms with van der Waals surface area (Å²) in [6.45, 7) is 7.52. The molecule has 0 unspecified atom stereocenters. The number of amides is 1. The van der Waals surface area contributed by atoms with E-state index >= 15 is 0 Å². The second kappa shape index (κ2) is 6.47. The molecule has 0 bridgehead atoms. The van der Waals surface area contributed by atoms with E-state index in [-0.39, 0.29) is 0 Å². The summed E-state index contributed by atoms with van der Waals surface area (Å²) < 4.78 is 39.7. The van der Waals surface area contributed by atoms with Gasteiger partial charge < -0.3 is 4.90 Å². The number of benzene rings is 1. The summed E-state index contributed by atoms with van der Waals surface area (Å²) in [7, 11) is 0. The largest absolute Gasteiger partial charge is 0.336 e. The van der Waals surface area contributed by atoms with Gasteiger partial charge in [-0.2, -0.15) is 0 Å². The minimum atomic E-state index is -1.60. The second-order valence-electron chi connectivity index (χ2n) is 5.71. The molecule has 2 rings (SSSR count). The van der Waals surface area contributed by atoms with Crippen LogP contribution in [0.25, 0.3) is 0 Å². The normalized spacial score (nSPS) is 16.6. The number of nitrogens with zero attached hydrogens (tertiary/aromatic N) is 2. The number of carbonyl (C=O) groups is 1. The zero-order valence-corrected chi connectivity index (χ0v) is 12.2. The van der Waals surface area contributed by atoms with Crippen LogP contribution in [0.1, 0.15) is 24.2 Å². The number of hydrogen-bond donors (Lipinski definition) is 0. The Balaban J connectivity index is 2.04. The van der Waals surface area contributed by atoms with Crippen LogP contribution in [0.15, 0.2) is 12.1 Å². The number of carbonyl (C=O) groups excluding carboxylic acids is 1. The lowest BCUT2D eigenvalue weighted by Crippen LogP contribution is -2.49. The van der Waals surface area contributed by atoms with Gasteiger partial charge in [-0.05, 0) is 18.1 Å². The Kier molecular flexibility index (Phi) is 4.88. The van der Waals surface area contributed by atoms with E-state index in [0.29, 0.717) is 32.1 Å². The Morgan fingerprint density at radius 2 is 1.71 bits per heavy atom. The molecular weight excluding hydrogens is 281 g/mol. The van der Waals surface area contributed by atoms with Crippen molar-refractivity contribution in [2.75, 3.05) is 32.7 Å². The molecule has 116 valence electrons. The fourth-order valence-electron chi connectivity index (χ4n) is 2.51. The third-order valence-corrected chi connectivity index (χ3v) is 3.55. The summed E-state index contributed by atoms with van der Waals surface area (Å²) >= 11 is 0. The van der Waals surface area contributed by atoms with Crippen LogP contribution >= 0.6 is 0 Å². The molecule has 1 aromatic carbocycles. The smallest absolute Gasteiger partial charge is 0.257 e. The van der Waals surface area contributed by atoms with E-state index in [0.717, 1.165) is 18.7 Å². The molecule has 0 spiro atoms. The van der Waals surface area contributed by atoms with Gasteiger partial charge in [-0.3, -0.25) is 9.69 Å². The van der Waals surface area contributed by atoms with Crippen molar-refractivity contribution in [1.29, 1.82) is 0 Å². The summed E-state index contributed by atoms with van der Waals surface area (Å²) in [4.78, 5) is 15.9. The molecule has 3 nitrogen and oxygen atoms in total. The van der Waals surface area contributed by atoms with Crippen LogP contribution in [0, 0.1) is 23.4 Å². The number of halogens is 3. The molecule has 1 aliphatic rings. The van der Waals surface area contributed by atoms with Crippen molar-refractivity contribution in [3.8, 4) is 0 Å². The van der Waals surface area contributed by atoms with Crippen molar-refractivity contribution in [2.24, 2.45) is 5.92 Å². The summed E-state index contributed by atoms with van der Waals surface area (Å²) in [6, 6.07) is 1.78. The first kappa shape index (κ1) is 15.8. The summed E-state index contributed by atoms with van der Waals surface area (Å²) in [6.07, 6.45) is 0. The van der Waals surface area contributed by atoms with E-state index < -0.39 is 28.9 Å². The van der Waals surface area contributed by atoms with Crippen LogP contribution in [-0.2, 0) is 0 Å². The van der Waals surface area contributed by atoms with Crippen LogP contribution in [0.3, 0.4) is 0 Å². The van der Waals surface area contributed by atoms with Gasteiger partial charge in [0.05, 0.1) is 5.56 Å². The highest BCUT2D eigenvalue weighted by Gasteiger charge is 2.26. The molecule has 0 N–H and O–H groups in total. The molecule has 1 saturated heterocycles. The predicted octanol–water partition coefficient (Wildman–Crippen LogP) is 2.52. The van der Waals surface area contributed by atoms with E-state index in [4.69, 9.17) is 0 Å². The maximum Gasteiger partial charge on any atom is 0.257 e. The van der Waals surface area contributed by atoms with Crippen LogP contribution in [0.4, 0.5) is 13.2 Å². The number of hydrogen-bond acceptors (Lipinski definition) is 2. The zero-order chi connectivity index (χ0) is 15.6. The number of rotatable bonds is 3. The molecule has 6 heteroatoms. The van der Waals surface area contributed by atoms with Gasteiger partial charge in [-0.25, -0.2) is 13.2 Å². The molecule has 0 radical (unpaired) electrons. The van der Waals surface area contributed by atoms with Gasteiger partial charge in [0.2, 0.25) is 0 Å². The Morgan fingerprint density at radius 3 is 2.29 bits per heavy atom. The molecule has 1 aromatic rings. The lowest BCUT2D eigenvalue weighted by molar-refractivity contribution is 0.0618. The Hall–Kier alpha value is -1.56. The van der Waals surface area contributed by atoms with Crippen molar-refractivity contribution >= 4 is 5.91 Å². The average molecular weight is 300 g/mol. The Morgan fingerprint density at radius 1 is 1.10 bits per heavy atom. The first-order valence-electron chi connectivity index (χ1n) is 7.05. The zero-order valence-electron chi connectivity index (χ0n) is 12.2. The maximum absolute atomic E-state index is 13.6. The van der Waals surface area contributed by atoms with E-state index in [9.17, 15) is 18.0 Å². The van der Waals surface area contributed by atoms with E-state index in [2.05, 4.69) is 18.7 Å². The van der Waals surface area contributed by atoms with Gasteiger partial charge in [0.1, 0.15) is 0 Å². The molecular formula is C15H19F3N2O. The van der Waals surface area contributed by atoms with Crippen LogP contribution in [-0.4, -0.2) is 48.4 Å². The van der Waals surface area contributed by atoms with E-state index in [1.807, 2.05) is 0 Å². The van der Waals surface area contributed by atoms with Gasteiger partial charge in [0, 0.05) is 32.7 Å². The fraction of sp³-hybridized carbons (Fsp3) is 0.533. The molecule has 0 aliphatic carbocycles. The molecule has 1 aliphatic heterocycles. The predicted molar refractivity (Wildman–Crippen MR) is 73.5 cm³/mol. The minimum Gasteiger partial charge on any atom is -0.336 e. The average Bonchev–Trinajstić information content (AvgIpc) is 2.44. The van der Waals surface area contributed by atoms with E-state index in [1.165, 1.54) is 4.90 Å². The van der Waals surface area contributed by atoms with Crippen LogP contribution in [0.2, 0.25) is 0 Å². The molecule has 21 heavy (non-hydrogen) atoms. The van der Waals surface area contributed by atoms with Crippen LogP contribution in [0.5, 0.6) is 0 Å². The first-order valence-corrected chi connectivity index (χ1v) is 7.05. The Bertz CT molecular complexity index is 526. The summed E-state index contributed by atoms with van der Waals surface area (Å²) in [5, 5.41) is 0. The molecule has 0 aromatic heterocycles. The molecule has 1 fully saturated rings. The highest BCUT2D eigenvalue weighted by atomic mass is 19.2. The Labute approximate surface area is 122 Å². The first-order chi connectivity index (χ1) is 9.90. The highest BCUT2D eigenvalue weighted by molar-refractivity contribution is 5.94. The lowest BCUT2D eigenvalue weighted by atomic mass is 10.1. The van der Waals surface area contributed by atoms with Crippen molar-refractivity contribution in [3.63, 3.8) is 0 Å². The van der Waals surface area contributed by atoms with Gasteiger partial charge >= 0.3 is 0 Å². The monoisotopic (exact) mass is 300 g/mol. The standard InChI is InChI=1S/C15H19F3N2O/c1-10(2)9-19-5-7-20(8-6-19)15(21)11-3-4-12(16)14(18)13(11)17/h3-4,10H,5-9H2,1-2H3. The van der Waals surface area contributed by atoms with Gasteiger partial charge in [-0.1, -0.05) is 13.8 Å². The SMILES string of the molecule is CC(C)CN1CCN(C(=O)c2ccc(F)c(F)c2F)CC1. The van der Waals surface area contributed by atoms with Crippen molar-refractivity contribution in [3.05, 3.63) is 35.1 Å². The molecule has 0 saturated carbocycles. The topological polar surface area (TPSA) is 23.6 Å². The van der Waals surface area contributed by atoms with E-state index in [1.54, 1.807) is 0 Å². The second-order valence-corrected chi connectivity index (χ2v) is 5.71. The third kappa shape index (κ3) is 3.56. The summed E-state index contributed by atoms with van der Waals surface area (Å²) in [5.74, 6) is -4.35. The van der Waals surface area contributed by atoms with Crippen molar-refractivity contribution in [1.82, 2.24) is 9.80 Å². The quantitative estimate of drug-likeness (QED) is 0.801. The minimum absolute atomic E-state index is 0.411. The van der Waals surface area contributed by atoms with Gasteiger partial charge in [0.15, 0.2) is 17.5 Å².